The van der Waals surface area contributed by atoms with Gasteiger partial charge in [0.1, 0.15) is 30.5 Å². The number of ether oxygens (including phenoxy) is 2. The van der Waals surface area contributed by atoms with Gasteiger partial charge in [-0.1, -0.05) is 120 Å². The van der Waals surface area contributed by atoms with Crippen molar-refractivity contribution in [1.29, 1.82) is 0 Å². The molecule has 292 valence electrons. The van der Waals surface area contributed by atoms with Gasteiger partial charge in [-0.25, -0.2) is 4.18 Å². The molecule has 1 aliphatic heterocycles. The van der Waals surface area contributed by atoms with Crippen LogP contribution in [0.15, 0.2) is 36.5 Å². The molecule has 7 N–H and O–H groups in total. The monoisotopic (exact) mass is 735 g/mol. The smallest absolute Gasteiger partial charge is 0.394 e. The Morgan fingerprint density at radius 2 is 1.38 bits per heavy atom. The number of carbonyl (C=O) groups is 1. The molecule has 1 rings (SSSR count). The van der Waals surface area contributed by atoms with Crippen LogP contribution in [0.25, 0.3) is 0 Å². The number of allylic oxidation sites excluding steroid dienone is 5. The van der Waals surface area contributed by atoms with Crippen LogP contribution in [0, 0.1) is 0 Å². The van der Waals surface area contributed by atoms with E-state index in [1.165, 1.54) is 57.4 Å². The summed E-state index contributed by atoms with van der Waals surface area (Å²) in [6.07, 6.45) is 17.1. The first kappa shape index (κ1) is 46.3. The van der Waals surface area contributed by atoms with Gasteiger partial charge in [0.15, 0.2) is 6.29 Å². The molecule has 1 fully saturated rings. The summed E-state index contributed by atoms with van der Waals surface area (Å²) in [7, 11) is -5.11. The van der Waals surface area contributed by atoms with E-state index in [-0.39, 0.29) is 6.42 Å². The van der Waals surface area contributed by atoms with Gasteiger partial charge < -0.3 is 40.3 Å². The summed E-state index contributed by atoms with van der Waals surface area (Å²) in [6, 6.07) is -1.14. The Hall–Kier alpha value is -1.72. The number of aliphatic hydroxyl groups is 5. The molecule has 1 heterocycles. The summed E-state index contributed by atoms with van der Waals surface area (Å²) in [5, 5.41) is 54.6. The van der Waals surface area contributed by atoms with E-state index in [0.29, 0.717) is 12.8 Å². The van der Waals surface area contributed by atoms with E-state index in [1.54, 1.807) is 6.08 Å². The first-order chi connectivity index (χ1) is 23.9. The van der Waals surface area contributed by atoms with Gasteiger partial charge in [0.2, 0.25) is 5.91 Å². The lowest BCUT2D eigenvalue weighted by Crippen LogP contribution is -2.61. The molecule has 1 aliphatic rings. The van der Waals surface area contributed by atoms with Crippen molar-refractivity contribution >= 4 is 16.3 Å². The van der Waals surface area contributed by atoms with E-state index in [9.17, 15) is 38.7 Å². The van der Waals surface area contributed by atoms with Crippen LogP contribution in [0.2, 0.25) is 0 Å². The van der Waals surface area contributed by atoms with Gasteiger partial charge in [-0.3, -0.25) is 9.35 Å². The molecular formula is C36H65NO12S. The molecule has 13 nitrogen and oxygen atoms in total. The van der Waals surface area contributed by atoms with Crippen LogP contribution < -0.4 is 5.32 Å². The van der Waals surface area contributed by atoms with Crippen LogP contribution >= 0.6 is 0 Å². The Bertz CT molecular complexity index is 1070. The third-order valence-corrected chi connectivity index (χ3v) is 9.07. The van der Waals surface area contributed by atoms with E-state index in [4.69, 9.17) is 14.0 Å². The molecular weight excluding hydrogens is 670 g/mol. The van der Waals surface area contributed by atoms with E-state index in [2.05, 4.69) is 28.6 Å². The zero-order valence-electron chi connectivity index (χ0n) is 30.1. The minimum atomic E-state index is -5.11. The molecule has 0 saturated carbocycles. The summed E-state index contributed by atoms with van der Waals surface area (Å²) in [5.41, 5.74) is 0. The SMILES string of the molecule is C/C=C/CC/C=C/CC/C=C/C(O)C(COC1OC(CO)C(O)C(OS(=O)(=O)O)C1O)NC(=O)C(O)CCCCCCCCCCCCCC. The molecule has 8 unspecified atom stereocenters. The van der Waals surface area contributed by atoms with Crippen molar-refractivity contribution < 1.29 is 57.0 Å². The molecule has 0 spiro atoms. The van der Waals surface area contributed by atoms with Gasteiger partial charge in [-0.15, -0.1) is 0 Å². The topological polar surface area (TPSA) is 212 Å². The van der Waals surface area contributed by atoms with Crippen LogP contribution in [0.1, 0.15) is 123 Å². The molecule has 50 heavy (non-hydrogen) atoms. The van der Waals surface area contributed by atoms with Crippen molar-refractivity contribution in [1.82, 2.24) is 5.32 Å². The number of hydrogen-bond acceptors (Lipinski definition) is 11. The van der Waals surface area contributed by atoms with E-state index in [1.807, 2.05) is 19.1 Å². The number of rotatable bonds is 29. The minimum absolute atomic E-state index is 0.234. The summed E-state index contributed by atoms with van der Waals surface area (Å²) in [6.45, 7) is 2.89. The summed E-state index contributed by atoms with van der Waals surface area (Å²) in [4.78, 5) is 13.0. The Morgan fingerprint density at radius 3 is 1.92 bits per heavy atom. The number of hydrogen-bond donors (Lipinski definition) is 7. The van der Waals surface area contributed by atoms with Gasteiger partial charge >= 0.3 is 10.4 Å². The molecule has 0 aliphatic carbocycles. The fraction of sp³-hybridized carbons (Fsp3) is 0.806. The maximum absolute atomic E-state index is 13.0. The van der Waals surface area contributed by atoms with Crippen molar-refractivity contribution in [3.05, 3.63) is 36.5 Å². The van der Waals surface area contributed by atoms with E-state index >= 15 is 0 Å². The molecule has 0 aromatic heterocycles. The lowest BCUT2D eigenvalue weighted by Gasteiger charge is -2.41. The Kier molecular flexibility index (Phi) is 25.8. The Balaban J connectivity index is 2.74. The predicted molar refractivity (Wildman–Crippen MR) is 191 cm³/mol. The zero-order valence-corrected chi connectivity index (χ0v) is 30.9. The van der Waals surface area contributed by atoms with E-state index < -0.39 is 78.5 Å². The number of nitrogens with one attached hydrogen (secondary N) is 1. The Morgan fingerprint density at radius 1 is 0.840 bits per heavy atom. The average Bonchev–Trinajstić information content (AvgIpc) is 3.08. The zero-order chi connectivity index (χ0) is 37.2. The first-order valence-corrected chi connectivity index (χ1v) is 19.8. The second kappa shape index (κ2) is 27.9. The first-order valence-electron chi connectivity index (χ1n) is 18.4. The third-order valence-electron chi connectivity index (χ3n) is 8.60. The third kappa shape index (κ3) is 21.0. The molecule has 0 radical (unpaired) electrons. The summed E-state index contributed by atoms with van der Waals surface area (Å²) < 4.78 is 47.1. The molecule has 8 atom stereocenters. The maximum atomic E-state index is 13.0. The Labute approximate surface area is 299 Å². The number of amides is 1. The maximum Gasteiger partial charge on any atom is 0.397 e. The second-order valence-corrected chi connectivity index (χ2v) is 14.0. The quantitative estimate of drug-likeness (QED) is 0.0328. The van der Waals surface area contributed by atoms with Crippen LogP contribution in [-0.4, -0.2) is 107 Å². The highest BCUT2D eigenvalue weighted by Crippen LogP contribution is 2.26. The number of aliphatic hydroxyl groups excluding tert-OH is 5. The molecule has 1 saturated heterocycles. The van der Waals surface area contributed by atoms with Crippen LogP contribution in [0.5, 0.6) is 0 Å². The fourth-order valence-electron chi connectivity index (χ4n) is 5.61. The van der Waals surface area contributed by atoms with Crippen molar-refractivity contribution in [2.45, 2.75) is 172 Å². The summed E-state index contributed by atoms with van der Waals surface area (Å²) in [5.74, 6) is -0.723. The number of carbonyl (C=O) groups excluding carboxylic acids is 1. The molecule has 0 aromatic carbocycles. The normalized spacial score (nSPS) is 23.6. The molecule has 14 heteroatoms. The highest BCUT2D eigenvalue weighted by molar-refractivity contribution is 7.80. The van der Waals surface area contributed by atoms with Gasteiger partial charge in [0, 0.05) is 0 Å². The van der Waals surface area contributed by atoms with Crippen LogP contribution in [0.4, 0.5) is 0 Å². The van der Waals surface area contributed by atoms with Gasteiger partial charge in [0.05, 0.1) is 25.4 Å². The lowest BCUT2D eigenvalue weighted by atomic mass is 9.99. The number of unbranched alkanes of at least 4 members (excludes halogenated alkanes) is 13. The molecule has 0 bridgehead atoms. The summed E-state index contributed by atoms with van der Waals surface area (Å²) >= 11 is 0. The van der Waals surface area contributed by atoms with Gasteiger partial charge in [-0.05, 0) is 39.0 Å². The molecule has 1 amide bonds. The van der Waals surface area contributed by atoms with Crippen molar-refractivity contribution in [2.75, 3.05) is 13.2 Å². The highest BCUT2D eigenvalue weighted by Gasteiger charge is 2.48. The van der Waals surface area contributed by atoms with Crippen molar-refractivity contribution in [3.8, 4) is 0 Å². The largest absolute Gasteiger partial charge is 0.397 e. The van der Waals surface area contributed by atoms with Crippen LogP contribution in [-0.2, 0) is 28.9 Å². The highest BCUT2D eigenvalue weighted by atomic mass is 32.3. The van der Waals surface area contributed by atoms with Crippen molar-refractivity contribution in [3.63, 3.8) is 0 Å². The fourth-order valence-corrected chi connectivity index (χ4v) is 6.12. The van der Waals surface area contributed by atoms with Gasteiger partial charge in [0.25, 0.3) is 0 Å². The molecule has 0 aromatic rings. The standard InChI is InChI=1S/C36H65NO12S/c1-3-5-7-9-11-13-14-15-17-19-21-23-25-30(40)35(43)37-28(29(39)24-22-20-18-16-12-10-8-6-4-2)27-47-36-33(42)34(49-50(44,45)46)32(41)31(26-38)48-36/h4,6,12,16,22,24,28-34,36,38-42H,3,5,7-11,13-15,17-21,23,25-27H2,1-2H3,(H,37,43)(H,44,45,46)/b6-4+,16-12+,24-22+. The average molecular weight is 736 g/mol. The van der Waals surface area contributed by atoms with Gasteiger partial charge in [-0.2, -0.15) is 8.42 Å². The predicted octanol–water partition coefficient (Wildman–Crippen LogP) is 4.18. The lowest BCUT2D eigenvalue weighted by molar-refractivity contribution is -0.298. The van der Waals surface area contributed by atoms with E-state index in [0.717, 1.165) is 38.5 Å². The van der Waals surface area contributed by atoms with Crippen LogP contribution in [0.3, 0.4) is 0 Å². The second-order valence-electron chi connectivity index (χ2n) is 13.0. The minimum Gasteiger partial charge on any atom is -0.394 e. The van der Waals surface area contributed by atoms with Crippen molar-refractivity contribution in [2.24, 2.45) is 0 Å².